The van der Waals surface area contributed by atoms with Gasteiger partial charge in [-0.25, -0.2) is 9.59 Å². The lowest BCUT2D eigenvalue weighted by Gasteiger charge is -2.34. The summed E-state index contributed by atoms with van der Waals surface area (Å²) >= 11 is 0. The first-order valence-electron chi connectivity index (χ1n) is 11.5. The Morgan fingerprint density at radius 1 is 0.970 bits per heavy atom. The molecule has 0 saturated heterocycles. The molecular weight excluding hydrogens is 420 g/mol. The van der Waals surface area contributed by atoms with Gasteiger partial charge in [-0.15, -0.1) is 0 Å². The van der Waals surface area contributed by atoms with Crippen LogP contribution in [0, 0.1) is 11.8 Å². The molecule has 2 aromatic carbocycles. The lowest BCUT2D eigenvalue weighted by Crippen LogP contribution is -2.56. The van der Waals surface area contributed by atoms with Crippen molar-refractivity contribution in [1.29, 1.82) is 0 Å². The Kier molecular flexibility index (Phi) is 6.67. The van der Waals surface area contributed by atoms with Gasteiger partial charge in [0.25, 0.3) is 0 Å². The molecule has 4 rings (SSSR count). The fourth-order valence-corrected chi connectivity index (χ4v) is 4.69. The highest BCUT2D eigenvalue weighted by Crippen LogP contribution is 2.44. The zero-order valence-electron chi connectivity index (χ0n) is 18.9. The fraction of sp³-hybridized carbons (Fsp3) is 0.423. The molecule has 33 heavy (non-hydrogen) atoms. The number of aliphatic carboxylic acids is 1. The minimum Gasteiger partial charge on any atom is -0.480 e. The number of ether oxygens (including phenoxy) is 1. The van der Waals surface area contributed by atoms with Crippen LogP contribution in [0.15, 0.2) is 48.5 Å². The van der Waals surface area contributed by atoms with E-state index in [1.54, 1.807) is 13.8 Å². The molecule has 174 valence electrons. The molecule has 2 amide bonds. The van der Waals surface area contributed by atoms with Gasteiger partial charge in [0.2, 0.25) is 5.91 Å². The monoisotopic (exact) mass is 450 g/mol. The van der Waals surface area contributed by atoms with Crippen molar-refractivity contribution in [2.45, 2.75) is 51.1 Å². The third kappa shape index (κ3) is 4.72. The molecule has 0 aromatic heterocycles. The van der Waals surface area contributed by atoms with Crippen molar-refractivity contribution in [3.63, 3.8) is 0 Å². The first-order valence-corrected chi connectivity index (χ1v) is 11.5. The van der Waals surface area contributed by atoms with Gasteiger partial charge < -0.3 is 20.5 Å². The average molecular weight is 451 g/mol. The number of alkyl carbamates (subject to hydrolysis) is 1. The van der Waals surface area contributed by atoms with Gasteiger partial charge in [0.05, 0.1) is 0 Å². The molecule has 3 N–H and O–H groups in total. The summed E-state index contributed by atoms with van der Waals surface area (Å²) in [6, 6.07) is 14.3. The zero-order valence-corrected chi connectivity index (χ0v) is 18.9. The maximum absolute atomic E-state index is 12.9. The average Bonchev–Trinajstić information content (AvgIpc) is 3.07. The molecular formula is C26H30N2O5. The summed E-state index contributed by atoms with van der Waals surface area (Å²) in [6.45, 7) is 3.62. The van der Waals surface area contributed by atoms with E-state index in [9.17, 15) is 19.5 Å². The zero-order chi connectivity index (χ0) is 23.5. The van der Waals surface area contributed by atoms with Gasteiger partial charge in [-0.1, -0.05) is 68.8 Å². The summed E-state index contributed by atoms with van der Waals surface area (Å²) in [5, 5.41) is 14.7. The maximum Gasteiger partial charge on any atom is 0.407 e. The molecule has 7 heteroatoms. The molecule has 2 aliphatic carbocycles. The first-order chi connectivity index (χ1) is 15.9. The molecule has 1 saturated carbocycles. The summed E-state index contributed by atoms with van der Waals surface area (Å²) in [6.07, 6.45) is 1.93. The van der Waals surface area contributed by atoms with Crippen molar-refractivity contribution < 1.29 is 24.2 Å². The number of hydrogen-bond donors (Lipinski definition) is 3. The highest BCUT2D eigenvalue weighted by Gasteiger charge is 2.37. The van der Waals surface area contributed by atoms with E-state index in [2.05, 4.69) is 22.8 Å². The molecule has 2 aliphatic rings. The molecule has 0 heterocycles. The molecule has 1 unspecified atom stereocenters. The van der Waals surface area contributed by atoms with E-state index in [4.69, 9.17) is 4.74 Å². The van der Waals surface area contributed by atoms with E-state index in [1.807, 2.05) is 36.4 Å². The van der Waals surface area contributed by atoms with Gasteiger partial charge in [-0.2, -0.15) is 0 Å². The van der Waals surface area contributed by atoms with E-state index >= 15 is 0 Å². The summed E-state index contributed by atoms with van der Waals surface area (Å²) in [5.74, 6) is -1.94. The third-order valence-corrected chi connectivity index (χ3v) is 6.75. The van der Waals surface area contributed by atoms with Crippen molar-refractivity contribution in [3.8, 4) is 11.1 Å². The standard InChI is InChI=1S/C26H30N2O5/c1-15(2)22(25(30)31)27-24(29)23(16-8-7-9-16)28-26(32)33-14-21-19-12-5-3-10-17(19)18-11-4-6-13-20(18)21/h3-6,10-13,15-16,21-23H,7-9,14H2,1-2H3,(H,27,29)(H,28,32)(H,30,31)/t22-,23?/m0/s1. The Labute approximate surface area is 193 Å². The number of fused-ring (bicyclic) bond motifs is 3. The van der Waals surface area contributed by atoms with E-state index in [0.29, 0.717) is 0 Å². The van der Waals surface area contributed by atoms with E-state index in [0.717, 1.165) is 41.5 Å². The Morgan fingerprint density at radius 3 is 2.03 bits per heavy atom. The second-order valence-electron chi connectivity index (χ2n) is 9.21. The smallest absolute Gasteiger partial charge is 0.407 e. The van der Waals surface area contributed by atoms with Crippen LogP contribution >= 0.6 is 0 Å². The summed E-state index contributed by atoms with van der Waals surface area (Å²) < 4.78 is 5.59. The quantitative estimate of drug-likeness (QED) is 0.565. The van der Waals surface area contributed by atoms with Gasteiger partial charge in [0.1, 0.15) is 18.7 Å². The van der Waals surface area contributed by atoms with Crippen LogP contribution in [0.3, 0.4) is 0 Å². The van der Waals surface area contributed by atoms with Crippen molar-refractivity contribution >= 4 is 18.0 Å². The number of carbonyl (C=O) groups excluding carboxylic acids is 2. The van der Waals surface area contributed by atoms with Crippen molar-refractivity contribution in [2.75, 3.05) is 6.61 Å². The molecule has 0 aliphatic heterocycles. The van der Waals surface area contributed by atoms with Crippen LogP contribution < -0.4 is 10.6 Å². The number of carboxylic acids is 1. The van der Waals surface area contributed by atoms with Crippen LogP contribution in [0.2, 0.25) is 0 Å². The predicted octanol–water partition coefficient (Wildman–Crippen LogP) is 3.92. The normalized spacial score (nSPS) is 16.8. The number of hydrogen-bond acceptors (Lipinski definition) is 4. The minimum absolute atomic E-state index is 0.0212. The lowest BCUT2D eigenvalue weighted by molar-refractivity contribution is -0.143. The van der Waals surface area contributed by atoms with Gasteiger partial charge in [0, 0.05) is 5.92 Å². The molecule has 2 aromatic rings. The summed E-state index contributed by atoms with van der Waals surface area (Å²) in [5.41, 5.74) is 4.51. The van der Waals surface area contributed by atoms with Crippen molar-refractivity contribution in [1.82, 2.24) is 10.6 Å². The van der Waals surface area contributed by atoms with Crippen molar-refractivity contribution in [3.05, 3.63) is 59.7 Å². The predicted molar refractivity (Wildman–Crippen MR) is 124 cm³/mol. The van der Waals surface area contributed by atoms with Gasteiger partial charge in [-0.05, 0) is 46.9 Å². The van der Waals surface area contributed by atoms with Crippen LogP contribution in [-0.4, -0.2) is 41.8 Å². The Bertz CT molecular complexity index is 1000. The van der Waals surface area contributed by atoms with Crippen LogP contribution in [0.1, 0.15) is 50.2 Å². The largest absolute Gasteiger partial charge is 0.480 e. The number of carboxylic acid groups (broad SMARTS) is 1. The van der Waals surface area contributed by atoms with Crippen LogP contribution in [0.4, 0.5) is 4.79 Å². The molecule has 0 bridgehead atoms. The molecule has 0 spiro atoms. The van der Waals surface area contributed by atoms with Gasteiger partial charge >= 0.3 is 12.1 Å². The number of benzene rings is 2. The first kappa shape index (κ1) is 22.8. The van der Waals surface area contributed by atoms with Crippen LogP contribution in [0.25, 0.3) is 11.1 Å². The molecule has 0 radical (unpaired) electrons. The molecule has 1 fully saturated rings. The van der Waals surface area contributed by atoms with E-state index < -0.39 is 30.1 Å². The summed E-state index contributed by atoms with van der Waals surface area (Å²) in [7, 11) is 0. The number of amides is 2. The van der Waals surface area contributed by atoms with E-state index in [-0.39, 0.29) is 24.4 Å². The molecule has 2 atom stereocenters. The van der Waals surface area contributed by atoms with Gasteiger partial charge in [0.15, 0.2) is 0 Å². The van der Waals surface area contributed by atoms with Crippen molar-refractivity contribution in [2.24, 2.45) is 11.8 Å². The molecule has 7 nitrogen and oxygen atoms in total. The Morgan fingerprint density at radius 2 is 1.55 bits per heavy atom. The second-order valence-corrected chi connectivity index (χ2v) is 9.21. The SMILES string of the molecule is CC(C)[C@H](NC(=O)C(NC(=O)OCC1c2ccccc2-c2ccccc21)C1CCC1)C(=O)O. The lowest BCUT2D eigenvalue weighted by atomic mass is 9.79. The summed E-state index contributed by atoms with van der Waals surface area (Å²) in [4.78, 5) is 37.1. The van der Waals surface area contributed by atoms with Gasteiger partial charge in [-0.3, -0.25) is 4.79 Å². The van der Waals surface area contributed by atoms with E-state index in [1.165, 1.54) is 0 Å². The number of nitrogens with one attached hydrogen (secondary N) is 2. The third-order valence-electron chi connectivity index (χ3n) is 6.75. The number of carbonyl (C=O) groups is 3. The highest BCUT2D eigenvalue weighted by molar-refractivity contribution is 5.89. The Balaban J connectivity index is 1.42. The second kappa shape index (κ2) is 9.65. The van der Waals surface area contributed by atoms with Crippen LogP contribution in [0.5, 0.6) is 0 Å². The topological polar surface area (TPSA) is 105 Å². The maximum atomic E-state index is 12.9. The highest BCUT2D eigenvalue weighted by atomic mass is 16.5. The number of rotatable bonds is 8. The fourth-order valence-electron chi connectivity index (χ4n) is 4.69. The van der Waals surface area contributed by atoms with Crippen LogP contribution in [-0.2, 0) is 14.3 Å². The Hall–Kier alpha value is -3.35. The minimum atomic E-state index is -1.09.